The van der Waals surface area contributed by atoms with E-state index in [-0.39, 0.29) is 17.9 Å². The van der Waals surface area contributed by atoms with Crippen LogP contribution in [-0.4, -0.2) is 33.4 Å². The Morgan fingerprint density at radius 1 is 1.09 bits per heavy atom. The fourth-order valence-corrected chi connectivity index (χ4v) is 3.44. The molecule has 1 aromatic carbocycles. The average Bonchev–Trinajstić information content (AvgIpc) is 2.75. The lowest BCUT2D eigenvalue weighted by Crippen LogP contribution is -2.42. The summed E-state index contributed by atoms with van der Waals surface area (Å²) < 4.78 is 38.7. The van der Waals surface area contributed by atoms with Crippen LogP contribution in [0.5, 0.6) is 0 Å². The molecule has 1 aliphatic rings. The van der Waals surface area contributed by atoms with Crippen LogP contribution in [0.4, 0.5) is 30.6 Å². The van der Waals surface area contributed by atoms with Crippen LogP contribution in [0.3, 0.4) is 0 Å². The average molecular weight is 442 g/mol. The number of alkyl halides is 3. The molecule has 0 unspecified atom stereocenters. The minimum Gasteiger partial charge on any atom is -0.366 e. The lowest BCUT2D eigenvalue weighted by molar-refractivity contribution is -0.141. The molecule has 1 atom stereocenters. The van der Waals surface area contributed by atoms with E-state index in [9.17, 15) is 18.0 Å². The maximum atomic E-state index is 12.9. The highest BCUT2D eigenvalue weighted by atomic mass is 19.4. The maximum absolute atomic E-state index is 12.9. The van der Waals surface area contributed by atoms with Crippen molar-refractivity contribution in [2.45, 2.75) is 32.0 Å². The first-order chi connectivity index (χ1) is 15.3. The monoisotopic (exact) mass is 442 g/mol. The second kappa shape index (κ2) is 8.81. The zero-order valence-electron chi connectivity index (χ0n) is 17.2. The molecule has 3 heterocycles. The molecule has 0 radical (unpaired) electrons. The number of benzene rings is 1. The summed E-state index contributed by atoms with van der Waals surface area (Å²) in [5.41, 5.74) is 2.18. The molecule has 1 fully saturated rings. The normalized spacial score (nSPS) is 16.4. The Morgan fingerprint density at radius 2 is 1.94 bits per heavy atom. The number of aryl methyl sites for hydroxylation is 1. The molecule has 0 saturated carbocycles. The largest absolute Gasteiger partial charge is 0.433 e. The van der Waals surface area contributed by atoms with Crippen LogP contribution in [0.1, 0.15) is 24.1 Å². The highest BCUT2D eigenvalue weighted by molar-refractivity contribution is 5.77. The molecule has 4 rings (SSSR count). The van der Waals surface area contributed by atoms with E-state index in [4.69, 9.17) is 0 Å². The molecule has 0 spiro atoms. The number of carbonyl (C=O) groups excluding carboxylic acids is 1. The lowest BCUT2D eigenvalue weighted by Gasteiger charge is -2.23. The van der Waals surface area contributed by atoms with Crippen molar-refractivity contribution in [3.05, 3.63) is 60.0 Å². The molecule has 0 aliphatic carbocycles. The van der Waals surface area contributed by atoms with Crippen molar-refractivity contribution in [1.82, 2.24) is 20.3 Å². The van der Waals surface area contributed by atoms with Crippen LogP contribution in [-0.2, 0) is 11.0 Å². The summed E-state index contributed by atoms with van der Waals surface area (Å²) in [5.74, 6) is 0.637. The predicted molar refractivity (Wildman–Crippen MR) is 114 cm³/mol. The number of hydrogen-bond acceptors (Lipinski definition) is 6. The van der Waals surface area contributed by atoms with Crippen LogP contribution in [0.15, 0.2) is 48.8 Å². The van der Waals surface area contributed by atoms with Gasteiger partial charge < -0.3 is 16.0 Å². The minimum atomic E-state index is -4.54. The number of aromatic nitrogens is 3. The molecule has 7 nitrogen and oxygen atoms in total. The molecule has 2 aromatic heterocycles. The number of pyridine rings is 1. The van der Waals surface area contributed by atoms with Gasteiger partial charge in [-0.05, 0) is 54.8 Å². The first kappa shape index (κ1) is 21.5. The van der Waals surface area contributed by atoms with Crippen LogP contribution < -0.4 is 16.0 Å². The number of rotatable bonds is 5. The number of piperidine rings is 1. The van der Waals surface area contributed by atoms with Gasteiger partial charge in [0.25, 0.3) is 0 Å². The van der Waals surface area contributed by atoms with E-state index in [0.717, 1.165) is 35.4 Å². The quantitative estimate of drug-likeness (QED) is 0.546. The van der Waals surface area contributed by atoms with E-state index in [0.29, 0.717) is 24.5 Å². The second-order valence-electron chi connectivity index (χ2n) is 7.59. The Bertz CT molecular complexity index is 1110. The zero-order chi connectivity index (χ0) is 22.7. The minimum absolute atomic E-state index is 0.0609. The van der Waals surface area contributed by atoms with Crippen molar-refractivity contribution in [3.8, 4) is 11.1 Å². The molecular weight excluding hydrogens is 421 g/mol. The SMILES string of the molecule is Cc1cc(Nc2nccc(C(F)(F)F)n2)cc(-c2ccc(N[C@@H]3CCC(=O)NC3)nc2)c1. The molecule has 166 valence electrons. The van der Waals surface area contributed by atoms with Gasteiger partial charge in [0.15, 0.2) is 0 Å². The van der Waals surface area contributed by atoms with E-state index in [1.165, 1.54) is 0 Å². The first-order valence-electron chi connectivity index (χ1n) is 10.0. The summed E-state index contributed by atoms with van der Waals surface area (Å²) in [5, 5.41) is 8.98. The van der Waals surface area contributed by atoms with Gasteiger partial charge in [0.05, 0.1) is 0 Å². The number of nitrogens with zero attached hydrogens (tertiary/aromatic N) is 3. The molecular formula is C22H21F3N6O. The lowest BCUT2D eigenvalue weighted by atomic mass is 10.0. The third-order valence-electron chi connectivity index (χ3n) is 4.99. The second-order valence-corrected chi connectivity index (χ2v) is 7.59. The summed E-state index contributed by atoms with van der Waals surface area (Å²) in [4.78, 5) is 23.2. The van der Waals surface area contributed by atoms with Crippen LogP contribution in [0, 0.1) is 6.92 Å². The van der Waals surface area contributed by atoms with Crippen LogP contribution in [0.25, 0.3) is 11.1 Å². The van der Waals surface area contributed by atoms with Crippen molar-refractivity contribution in [1.29, 1.82) is 0 Å². The Kier molecular flexibility index (Phi) is 5.93. The Hall–Kier alpha value is -3.69. The van der Waals surface area contributed by atoms with E-state index in [1.54, 1.807) is 18.3 Å². The van der Waals surface area contributed by atoms with Crippen molar-refractivity contribution < 1.29 is 18.0 Å². The molecule has 1 aliphatic heterocycles. The Labute approximate surface area is 182 Å². The highest BCUT2D eigenvalue weighted by Crippen LogP contribution is 2.29. The van der Waals surface area contributed by atoms with Crippen molar-refractivity contribution in [2.24, 2.45) is 0 Å². The van der Waals surface area contributed by atoms with Gasteiger partial charge in [0, 0.05) is 42.7 Å². The summed E-state index contributed by atoms with van der Waals surface area (Å²) in [7, 11) is 0. The molecule has 3 aromatic rings. The predicted octanol–water partition coefficient (Wildman–Crippen LogP) is 4.30. The molecule has 1 amide bonds. The van der Waals surface area contributed by atoms with Gasteiger partial charge in [0.2, 0.25) is 11.9 Å². The summed E-state index contributed by atoms with van der Waals surface area (Å²) >= 11 is 0. The topological polar surface area (TPSA) is 91.8 Å². The number of hydrogen-bond donors (Lipinski definition) is 3. The number of amides is 1. The fraction of sp³-hybridized carbons (Fsp3) is 0.273. The molecule has 10 heteroatoms. The van der Waals surface area contributed by atoms with Crippen LogP contribution >= 0.6 is 0 Å². The van der Waals surface area contributed by atoms with Crippen molar-refractivity contribution in [2.75, 3.05) is 17.2 Å². The Morgan fingerprint density at radius 3 is 2.62 bits per heavy atom. The molecule has 1 saturated heterocycles. The van der Waals surface area contributed by atoms with Crippen LogP contribution in [0.2, 0.25) is 0 Å². The van der Waals surface area contributed by atoms with Gasteiger partial charge in [-0.3, -0.25) is 4.79 Å². The number of anilines is 3. The van der Waals surface area contributed by atoms with E-state index in [2.05, 4.69) is 30.9 Å². The smallest absolute Gasteiger partial charge is 0.366 e. The number of halogens is 3. The first-order valence-corrected chi connectivity index (χ1v) is 10.0. The van der Waals surface area contributed by atoms with Crippen molar-refractivity contribution >= 4 is 23.4 Å². The third-order valence-corrected chi connectivity index (χ3v) is 4.99. The zero-order valence-corrected chi connectivity index (χ0v) is 17.2. The fourth-order valence-electron chi connectivity index (χ4n) is 3.44. The van der Waals surface area contributed by atoms with Gasteiger partial charge in [-0.1, -0.05) is 6.07 Å². The summed E-state index contributed by atoms with van der Waals surface area (Å²) in [6, 6.07) is 10.3. The molecule has 0 bridgehead atoms. The van der Waals surface area contributed by atoms with E-state index in [1.807, 2.05) is 25.1 Å². The maximum Gasteiger partial charge on any atom is 0.433 e. The van der Waals surface area contributed by atoms with Gasteiger partial charge >= 0.3 is 6.18 Å². The van der Waals surface area contributed by atoms with Gasteiger partial charge in [-0.15, -0.1) is 0 Å². The van der Waals surface area contributed by atoms with Gasteiger partial charge in [-0.2, -0.15) is 13.2 Å². The third kappa shape index (κ3) is 5.32. The standard InChI is InChI=1S/C22H21F3N6O/c1-13-8-15(10-17(9-13)30-21-26-7-6-18(31-21)22(23,24)25)14-2-4-19(27-11-14)29-16-3-5-20(32)28-12-16/h2,4,6-11,16H,3,5,12H2,1H3,(H,27,29)(H,28,32)(H,26,30,31)/t16-/m1/s1. The summed E-state index contributed by atoms with van der Waals surface area (Å²) in [6.45, 7) is 2.45. The van der Waals surface area contributed by atoms with Gasteiger partial charge in [0.1, 0.15) is 11.5 Å². The number of nitrogens with one attached hydrogen (secondary N) is 3. The Balaban J connectivity index is 1.49. The molecule has 32 heavy (non-hydrogen) atoms. The highest BCUT2D eigenvalue weighted by Gasteiger charge is 2.32. The van der Waals surface area contributed by atoms with E-state index >= 15 is 0 Å². The molecule has 3 N–H and O–H groups in total. The van der Waals surface area contributed by atoms with Gasteiger partial charge in [-0.25, -0.2) is 15.0 Å². The van der Waals surface area contributed by atoms with Crippen molar-refractivity contribution in [3.63, 3.8) is 0 Å². The number of carbonyl (C=O) groups is 1. The summed E-state index contributed by atoms with van der Waals surface area (Å²) in [6.07, 6.45) is -0.503. The van der Waals surface area contributed by atoms with E-state index < -0.39 is 11.9 Å².